The zero-order chi connectivity index (χ0) is 13.9. The third-order valence-electron chi connectivity index (χ3n) is 1.50. The zero-order valence-electron chi connectivity index (χ0n) is 8.14. The topological polar surface area (TPSA) is 179 Å². The lowest BCUT2D eigenvalue weighted by molar-refractivity contribution is -0.170. The van der Waals surface area contributed by atoms with E-state index in [0.717, 1.165) is 0 Å². The van der Waals surface area contributed by atoms with Crippen LogP contribution in [0.25, 0.3) is 0 Å². The van der Waals surface area contributed by atoms with Gasteiger partial charge in [-0.05, 0) is 0 Å². The van der Waals surface area contributed by atoms with Crippen LogP contribution in [0.5, 0.6) is 0 Å². The van der Waals surface area contributed by atoms with Gasteiger partial charge in [-0.15, -0.1) is 0 Å². The highest BCUT2D eigenvalue weighted by Crippen LogP contribution is 2.37. The second kappa shape index (κ2) is 5.23. The van der Waals surface area contributed by atoms with Gasteiger partial charge in [0.1, 0.15) is 0 Å². The molecule has 1 atom stereocenters. The van der Waals surface area contributed by atoms with Crippen molar-refractivity contribution in [2.24, 2.45) is 0 Å². The average molecular weight is 272 g/mol. The first-order valence-electron chi connectivity index (χ1n) is 3.92. The number of phosphoric ester groups is 1. The van der Waals surface area contributed by atoms with Gasteiger partial charge in [-0.25, -0.2) is 9.36 Å². The van der Waals surface area contributed by atoms with Crippen LogP contribution in [0.2, 0.25) is 0 Å². The minimum atomic E-state index is -5.17. The standard InChI is InChI=1S/C6H9O10P/c7-3(8)1-6(12,5(10)11)2-4(9)16-17(13,14)15/h12H,1-2H2,(H,7,8)(H,10,11)(H2,13,14,15). The Bertz CT molecular complexity index is 382. The number of aliphatic hydroxyl groups is 1. The van der Waals surface area contributed by atoms with E-state index in [9.17, 15) is 24.1 Å². The minimum Gasteiger partial charge on any atom is -0.481 e. The predicted octanol–water partition coefficient (Wildman–Crippen LogP) is -1.70. The van der Waals surface area contributed by atoms with Crippen LogP contribution in [0, 0.1) is 0 Å². The molecule has 0 aliphatic carbocycles. The monoisotopic (exact) mass is 272 g/mol. The lowest BCUT2D eigenvalue weighted by atomic mass is 9.96. The van der Waals surface area contributed by atoms with Crippen molar-refractivity contribution in [2.45, 2.75) is 18.4 Å². The molecule has 98 valence electrons. The fourth-order valence-electron chi connectivity index (χ4n) is 0.868. The van der Waals surface area contributed by atoms with E-state index in [1.54, 1.807) is 0 Å². The van der Waals surface area contributed by atoms with Gasteiger partial charge in [0.2, 0.25) is 0 Å². The SMILES string of the molecule is O=C(O)CC(O)(CC(=O)OP(=O)(O)O)C(=O)O. The minimum absolute atomic E-state index is 1.32. The number of carboxylic acids is 2. The molecule has 10 nitrogen and oxygen atoms in total. The molecule has 0 heterocycles. The highest BCUT2D eigenvalue weighted by Gasteiger charge is 2.42. The molecule has 11 heteroatoms. The van der Waals surface area contributed by atoms with Crippen molar-refractivity contribution in [1.82, 2.24) is 0 Å². The van der Waals surface area contributed by atoms with Crippen molar-refractivity contribution in [3.05, 3.63) is 0 Å². The zero-order valence-corrected chi connectivity index (χ0v) is 9.03. The fraction of sp³-hybridized carbons (Fsp3) is 0.500. The first kappa shape index (κ1) is 15.5. The van der Waals surface area contributed by atoms with E-state index in [0.29, 0.717) is 0 Å². The van der Waals surface area contributed by atoms with Crippen molar-refractivity contribution in [3.8, 4) is 0 Å². The first-order chi connectivity index (χ1) is 7.46. The van der Waals surface area contributed by atoms with E-state index in [1.165, 1.54) is 0 Å². The molecule has 5 N–H and O–H groups in total. The number of hydrogen-bond acceptors (Lipinski definition) is 6. The van der Waals surface area contributed by atoms with Crippen LogP contribution < -0.4 is 0 Å². The summed E-state index contributed by atoms with van der Waals surface area (Å²) in [5.41, 5.74) is -2.99. The molecule has 0 radical (unpaired) electrons. The number of hydrogen-bond donors (Lipinski definition) is 5. The Morgan fingerprint density at radius 2 is 1.59 bits per heavy atom. The van der Waals surface area contributed by atoms with E-state index in [-0.39, 0.29) is 0 Å². The third-order valence-corrected chi connectivity index (χ3v) is 1.94. The summed E-state index contributed by atoms with van der Waals surface area (Å²) in [6.45, 7) is 0. The van der Waals surface area contributed by atoms with Gasteiger partial charge in [0.05, 0.1) is 12.8 Å². The van der Waals surface area contributed by atoms with Crippen LogP contribution >= 0.6 is 7.82 Å². The summed E-state index contributed by atoms with van der Waals surface area (Å²) in [5, 5.41) is 26.1. The summed E-state index contributed by atoms with van der Waals surface area (Å²) in [6, 6.07) is 0. The molecule has 1 unspecified atom stereocenters. The van der Waals surface area contributed by atoms with Gasteiger partial charge in [-0.3, -0.25) is 19.4 Å². The van der Waals surface area contributed by atoms with Crippen molar-refractivity contribution >= 4 is 25.7 Å². The maximum absolute atomic E-state index is 10.8. The predicted molar refractivity (Wildman–Crippen MR) is 47.6 cm³/mol. The second-order valence-electron chi connectivity index (χ2n) is 3.04. The maximum atomic E-state index is 10.8. The summed E-state index contributed by atoms with van der Waals surface area (Å²) in [7, 11) is -5.17. The third kappa shape index (κ3) is 5.97. The highest BCUT2D eigenvalue weighted by atomic mass is 31.2. The van der Waals surface area contributed by atoms with E-state index >= 15 is 0 Å². The number of carbonyl (C=O) groups is 3. The lowest BCUT2D eigenvalue weighted by Crippen LogP contribution is -2.43. The molecule has 0 rings (SSSR count). The molecule has 0 amide bonds. The van der Waals surface area contributed by atoms with Crippen LogP contribution in [0.3, 0.4) is 0 Å². The van der Waals surface area contributed by atoms with Gasteiger partial charge in [-0.1, -0.05) is 0 Å². The molecule has 0 fully saturated rings. The molecule has 0 aromatic carbocycles. The quantitative estimate of drug-likeness (QED) is 0.350. The molecule has 0 aliphatic heterocycles. The lowest BCUT2D eigenvalue weighted by Gasteiger charge is -2.20. The maximum Gasteiger partial charge on any atom is 0.526 e. The van der Waals surface area contributed by atoms with Gasteiger partial charge in [0, 0.05) is 0 Å². The molecule has 0 aromatic heterocycles. The molecule has 0 spiro atoms. The molecule has 0 saturated heterocycles. The highest BCUT2D eigenvalue weighted by molar-refractivity contribution is 7.46. The number of rotatable bonds is 6. The number of carboxylic acid groups (broad SMARTS) is 2. The van der Waals surface area contributed by atoms with Gasteiger partial charge < -0.3 is 19.8 Å². The molecular weight excluding hydrogens is 263 g/mol. The number of phosphoric acid groups is 1. The van der Waals surface area contributed by atoms with E-state index in [2.05, 4.69) is 4.52 Å². The largest absolute Gasteiger partial charge is 0.526 e. The van der Waals surface area contributed by atoms with E-state index in [4.69, 9.17) is 20.0 Å². The first-order valence-corrected chi connectivity index (χ1v) is 5.45. The molecule has 0 aromatic rings. The number of carbonyl (C=O) groups excluding carboxylic acids is 1. The summed E-state index contributed by atoms with van der Waals surface area (Å²) in [6.07, 6.45) is -2.72. The Kier molecular flexibility index (Phi) is 4.78. The summed E-state index contributed by atoms with van der Waals surface area (Å²) in [5.74, 6) is -5.47. The van der Waals surface area contributed by atoms with Crippen molar-refractivity contribution < 1.29 is 48.6 Å². The van der Waals surface area contributed by atoms with Crippen molar-refractivity contribution in [2.75, 3.05) is 0 Å². The van der Waals surface area contributed by atoms with Crippen LogP contribution in [0.1, 0.15) is 12.8 Å². The van der Waals surface area contributed by atoms with E-state index < -0.39 is 44.2 Å². The Morgan fingerprint density at radius 3 is 1.88 bits per heavy atom. The van der Waals surface area contributed by atoms with Gasteiger partial charge in [0.15, 0.2) is 5.60 Å². The molecule has 0 bridgehead atoms. The second-order valence-corrected chi connectivity index (χ2v) is 4.20. The van der Waals surface area contributed by atoms with Crippen LogP contribution in [0.15, 0.2) is 0 Å². The molecular formula is C6H9O10P. The smallest absolute Gasteiger partial charge is 0.481 e. The molecule has 0 aliphatic rings. The fourth-order valence-corrected chi connectivity index (χ4v) is 1.20. The normalized spacial score (nSPS) is 14.8. The van der Waals surface area contributed by atoms with Crippen LogP contribution in [0.4, 0.5) is 0 Å². The Labute approximate surface area is 93.7 Å². The Hall–Kier alpha value is -1.48. The molecule has 0 saturated carbocycles. The van der Waals surface area contributed by atoms with Crippen molar-refractivity contribution in [3.63, 3.8) is 0 Å². The number of aliphatic carboxylic acids is 2. The van der Waals surface area contributed by atoms with Gasteiger partial charge in [-0.2, -0.15) is 0 Å². The van der Waals surface area contributed by atoms with Crippen LogP contribution in [-0.2, 0) is 23.5 Å². The van der Waals surface area contributed by atoms with Crippen molar-refractivity contribution in [1.29, 1.82) is 0 Å². The summed E-state index contributed by atoms with van der Waals surface area (Å²) < 4.78 is 13.7. The average Bonchev–Trinajstić information content (AvgIpc) is 1.96. The summed E-state index contributed by atoms with van der Waals surface area (Å²) in [4.78, 5) is 48.1. The summed E-state index contributed by atoms with van der Waals surface area (Å²) >= 11 is 0. The van der Waals surface area contributed by atoms with Gasteiger partial charge >= 0.3 is 25.7 Å². The van der Waals surface area contributed by atoms with Crippen LogP contribution in [-0.4, -0.2) is 48.6 Å². The Balaban J connectivity index is 4.78. The van der Waals surface area contributed by atoms with Gasteiger partial charge in [0.25, 0.3) is 0 Å². The van der Waals surface area contributed by atoms with E-state index in [1.807, 2.05) is 0 Å². The molecule has 17 heavy (non-hydrogen) atoms. The Morgan fingerprint density at radius 1 is 1.12 bits per heavy atom.